The lowest BCUT2D eigenvalue weighted by Gasteiger charge is -2.08. The largest absolute Gasteiger partial charge is 0.368 e. The number of nitrogens with zero attached hydrogens (tertiary/aromatic N) is 2. The quantitative estimate of drug-likeness (QED) is 0.769. The molecule has 70 valence electrons. The van der Waals surface area contributed by atoms with Crippen molar-refractivity contribution in [3.8, 4) is 0 Å². The highest BCUT2D eigenvalue weighted by molar-refractivity contribution is 5.34. The average molecular weight is 177 g/mol. The number of nitrogens with one attached hydrogen (secondary N) is 1. The maximum atomic E-state index is 4.45. The molecule has 0 aromatic carbocycles. The standard InChI is InChI=1S/C10H15N3/c1-7(2)12-9-5-6-11-10(13-9)8-3-4-8/h5-8H,3-4H2,1-2H3,(H,11,12,13). The third-order valence-electron chi connectivity index (χ3n) is 2.05. The lowest BCUT2D eigenvalue weighted by molar-refractivity contribution is 0.865. The Bertz CT molecular complexity index is 292. The summed E-state index contributed by atoms with van der Waals surface area (Å²) in [6.07, 6.45) is 4.35. The Morgan fingerprint density at radius 2 is 2.23 bits per heavy atom. The number of rotatable bonds is 3. The smallest absolute Gasteiger partial charge is 0.133 e. The molecule has 1 heterocycles. The fraction of sp³-hybridized carbons (Fsp3) is 0.600. The van der Waals surface area contributed by atoms with Crippen molar-refractivity contribution in [2.45, 2.75) is 38.6 Å². The predicted octanol–water partition coefficient (Wildman–Crippen LogP) is 2.17. The van der Waals surface area contributed by atoms with Gasteiger partial charge in [-0.15, -0.1) is 0 Å². The molecule has 3 nitrogen and oxygen atoms in total. The van der Waals surface area contributed by atoms with Crippen LogP contribution in [0.4, 0.5) is 5.82 Å². The Morgan fingerprint density at radius 1 is 1.46 bits per heavy atom. The summed E-state index contributed by atoms with van der Waals surface area (Å²) in [6, 6.07) is 2.35. The molecular formula is C10H15N3. The zero-order valence-electron chi connectivity index (χ0n) is 8.12. The molecule has 0 amide bonds. The van der Waals surface area contributed by atoms with Crippen molar-refractivity contribution in [3.63, 3.8) is 0 Å². The van der Waals surface area contributed by atoms with Gasteiger partial charge in [-0.2, -0.15) is 0 Å². The van der Waals surface area contributed by atoms with Crippen molar-refractivity contribution < 1.29 is 0 Å². The third kappa shape index (κ3) is 2.17. The van der Waals surface area contributed by atoms with E-state index in [0.29, 0.717) is 12.0 Å². The van der Waals surface area contributed by atoms with E-state index in [2.05, 4.69) is 29.1 Å². The van der Waals surface area contributed by atoms with Crippen LogP contribution in [-0.4, -0.2) is 16.0 Å². The summed E-state index contributed by atoms with van der Waals surface area (Å²) in [7, 11) is 0. The van der Waals surface area contributed by atoms with E-state index in [1.807, 2.05) is 12.3 Å². The molecule has 0 radical (unpaired) electrons. The van der Waals surface area contributed by atoms with Gasteiger partial charge in [0.2, 0.25) is 0 Å². The van der Waals surface area contributed by atoms with E-state index in [9.17, 15) is 0 Å². The highest BCUT2D eigenvalue weighted by atomic mass is 15.0. The number of hydrogen-bond acceptors (Lipinski definition) is 3. The molecule has 1 saturated carbocycles. The van der Waals surface area contributed by atoms with Crippen LogP contribution in [0.15, 0.2) is 12.3 Å². The van der Waals surface area contributed by atoms with Crippen LogP contribution < -0.4 is 5.32 Å². The van der Waals surface area contributed by atoms with Crippen molar-refractivity contribution in [1.82, 2.24) is 9.97 Å². The van der Waals surface area contributed by atoms with Crippen molar-refractivity contribution in [2.75, 3.05) is 5.32 Å². The van der Waals surface area contributed by atoms with Crippen molar-refractivity contribution in [3.05, 3.63) is 18.1 Å². The molecule has 0 unspecified atom stereocenters. The lowest BCUT2D eigenvalue weighted by Crippen LogP contribution is -2.11. The van der Waals surface area contributed by atoms with Crippen LogP contribution in [0.25, 0.3) is 0 Å². The molecule has 1 fully saturated rings. The Kier molecular flexibility index (Phi) is 2.17. The molecule has 3 heteroatoms. The van der Waals surface area contributed by atoms with Gasteiger partial charge >= 0.3 is 0 Å². The molecule has 0 spiro atoms. The molecule has 0 aliphatic heterocycles. The van der Waals surface area contributed by atoms with E-state index in [-0.39, 0.29) is 0 Å². The maximum Gasteiger partial charge on any atom is 0.133 e. The molecular weight excluding hydrogens is 162 g/mol. The van der Waals surface area contributed by atoms with Crippen molar-refractivity contribution in [1.29, 1.82) is 0 Å². The Hall–Kier alpha value is -1.12. The van der Waals surface area contributed by atoms with E-state index < -0.39 is 0 Å². The van der Waals surface area contributed by atoms with E-state index in [1.54, 1.807) is 0 Å². The fourth-order valence-corrected chi connectivity index (χ4v) is 1.29. The topological polar surface area (TPSA) is 37.8 Å². The van der Waals surface area contributed by atoms with Gasteiger partial charge in [0, 0.05) is 18.2 Å². The molecule has 0 atom stereocenters. The van der Waals surface area contributed by atoms with Crippen LogP contribution in [0.5, 0.6) is 0 Å². The molecule has 1 aliphatic carbocycles. The van der Waals surface area contributed by atoms with Crippen LogP contribution >= 0.6 is 0 Å². The highest BCUT2D eigenvalue weighted by Crippen LogP contribution is 2.37. The second kappa shape index (κ2) is 3.32. The zero-order chi connectivity index (χ0) is 9.26. The SMILES string of the molecule is CC(C)Nc1ccnc(C2CC2)n1. The second-order valence-corrected chi connectivity index (χ2v) is 3.87. The van der Waals surface area contributed by atoms with Gasteiger partial charge < -0.3 is 5.32 Å². The van der Waals surface area contributed by atoms with E-state index in [0.717, 1.165) is 11.6 Å². The van der Waals surface area contributed by atoms with Gasteiger partial charge in [-0.05, 0) is 32.8 Å². The lowest BCUT2D eigenvalue weighted by atomic mass is 10.3. The first kappa shape index (κ1) is 8.48. The third-order valence-corrected chi connectivity index (χ3v) is 2.05. The van der Waals surface area contributed by atoms with E-state index in [4.69, 9.17) is 0 Å². The van der Waals surface area contributed by atoms with Crippen LogP contribution in [-0.2, 0) is 0 Å². The van der Waals surface area contributed by atoms with E-state index in [1.165, 1.54) is 12.8 Å². The van der Waals surface area contributed by atoms with Gasteiger partial charge in [0.1, 0.15) is 11.6 Å². The summed E-state index contributed by atoms with van der Waals surface area (Å²) < 4.78 is 0. The average Bonchev–Trinajstić information content (AvgIpc) is 2.85. The Morgan fingerprint density at radius 3 is 2.85 bits per heavy atom. The van der Waals surface area contributed by atoms with Crippen molar-refractivity contribution >= 4 is 5.82 Å². The van der Waals surface area contributed by atoms with Crippen molar-refractivity contribution in [2.24, 2.45) is 0 Å². The normalized spacial score (nSPS) is 16.2. The molecule has 0 bridgehead atoms. The Balaban J connectivity index is 2.12. The second-order valence-electron chi connectivity index (χ2n) is 3.87. The fourth-order valence-electron chi connectivity index (χ4n) is 1.29. The minimum atomic E-state index is 0.432. The van der Waals surface area contributed by atoms with Gasteiger partial charge in [0.15, 0.2) is 0 Å². The summed E-state index contributed by atoms with van der Waals surface area (Å²) in [5.74, 6) is 2.59. The van der Waals surface area contributed by atoms with Gasteiger partial charge in [-0.25, -0.2) is 9.97 Å². The molecule has 13 heavy (non-hydrogen) atoms. The number of hydrogen-bond donors (Lipinski definition) is 1. The van der Waals surface area contributed by atoms with Crippen LogP contribution in [0.2, 0.25) is 0 Å². The van der Waals surface area contributed by atoms with Crippen LogP contribution in [0, 0.1) is 0 Å². The van der Waals surface area contributed by atoms with Gasteiger partial charge in [0.05, 0.1) is 0 Å². The molecule has 1 aliphatic rings. The van der Waals surface area contributed by atoms with Crippen LogP contribution in [0.3, 0.4) is 0 Å². The van der Waals surface area contributed by atoms with E-state index >= 15 is 0 Å². The predicted molar refractivity (Wildman–Crippen MR) is 52.8 cm³/mol. The first-order valence-electron chi connectivity index (χ1n) is 4.85. The number of anilines is 1. The summed E-state index contributed by atoms with van der Waals surface area (Å²) in [6.45, 7) is 4.22. The van der Waals surface area contributed by atoms with Gasteiger partial charge in [-0.3, -0.25) is 0 Å². The zero-order valence-corrected chi connectivity index (χ0v) is 8.12. The van der Waals surface area contributed by atoms with Gasteiger partial charge in [-0.1, -0.05) is 0 Å². The van der Waals surface area contributed by atoms with Crippen LogP contribution in [0.1, 0.15) is 38.4 Å². The first-order valence-corrected chi connectivity index (χ1v) is 4.85. The molecule has 1 aromatic rings. The maximum absolute atomic E-state index is 4.45. The molecule has 2 rings (SSSR count). The Labute approximate surface area is 78.6 Å². The molecule has 1 N–H and O–H groups in total. The summed E-state index contributed by atoms with van der Waals surface area (Å²) >= 11 is 0. The first-order chi connectivity index (χ1) is 6.25. The minimum Gasteiger partial charge on any atom is -0.368 e. The summed E-state index contributed by atoms with van der Waals surface area (Å²) in [4.78, 5) is 8.71. The summed E-state index contributed by atoms with van der Waals surface area (Å²) in [5.41, 5.74) is 0. The number of aromatic nitrogens is 2. The summed E-state index contributed by atoms with van der Waals surface area (Å²) in [5, 5.41) is 3.28. The molecule has 1 aromatic heterocycles. The minimum absolute atomic E-state index is 0.432. The monoisotopic (exact) mass is 177 g/mol. The molecule has 0 saturated heterocycles. The van der Waals surface area contributed by atoms with Gasteiger partial charge in [0.25, 0.3) is 0 Å². The highest BCUT2D eigenvalue weighted by Gasteiger charge is 2.26.